The largest absolute Gasteiger partial charge is 0.366 e. The Hall–Kier alpha value is -1.21. The summed E-state index contributed by atoms with van der Waals surface area (Å²) in [4.78, 5) is 4.42. The molecule has 0 aliphatic heterocycles. The van der Waals surface area contributed by atoms with Gasteiger partial charge in [-0.15, -0.1) is 0 Å². The minimum absolute atomic E-state index is 0.467. The van der Waals surface area contributed by atoms with E-state index in [1.54, 1.807) is 0 Å². The van der Waals surface area contributed by atoms with Crippen LogP contribution in [0.1, 0.15) is 30.5 Å². The number of nitriles is 1. The Labute approximate surface area is 107 Å². The number of nitrogens with zero attached hydrogens (tertiary/aromatic N) is 2. The Morgan fingerprint density at radius 2 is 2.29 bits per heavy atom. The quantitative estimate of drug-likeness (QED) is 0.892. The van der Waals surface area contributed by atoms with Crippen molar-refractivity contribution < 1.29 is 0 Å². The first-order valence-electron chi connectivity index (χ1n) is 5.90. The molecule has 1 aromatic rings. The minimum Gasteiger partial charge on any atom is -0.366 e. The van der Waals surface area contributed by atoms with Gasteiger partial charge in [-0.1, -0.05) is 0 Å². The summed E-state index contributed by atoms with van der Waals surface area (Å²) in [6.45, 7) is 1.95. The summed E-state index contributed by atoms with van der Waals surface area (Å²) in [6, 6.07) is 6.38. The summed E-state index contributed by atoms with van der Waals surface area (Å²) >= 11 is 1.93. The number of aryl methyl sites for hydroxylation is 1. The fourth-order valence-electron chi connectivity index (χ4n) is 2.24. The van der Waals surface area contributed by atoms with Crippen LogP contribution in [0.25, 0.3) is 0 Å². The summed E-state index contributed by atoms with van der Waals surface area (Å²) < 4.78 is 0. The average Bonchev–Trinajstić information content (AvgIpc) is 2.77. The van der Waals surface area contributed by atoms with Gasteiger partial charge < -0.3 is 5.32 Å². The second kappa shape index (κ2) is 5.42. The molecular weight excluding hydrogens is 230 g/mol. The molecule has 1 aromatic heterocycles. The second-order valence-corrected chi connectivity index (χ2v) is 5.61. The zero-order valence-electron chi connectivity index (χ0n) is 10.2. The molecule has 3 nitrogen and oxygen atoms in total. The molecule has 2 rings (SSSR count). The lowest BCUT2D eigenvalue weighted by molar-refractivity contribution is 0.751. The highest BCUT2D eigenvalue weighted by molar-refractivity contribution is 7.99. The molecule has 1 fully saturated rings. The molecule has 2 atom stereocenters. The molecule has 90 valence electrons. The van der Waals surface area contributed by atoms with Gasteiger partial charge in [0.1, 0.15) is 11.9 Å². The maximum absolute atomic E-state index is 9.05. The van der Waals surface area contributed by atoms with E-state index in [0.29, 0.717) is 11.6 Å². The molecule has 1 heterocycles. The van der Waals surface area contributed by atoms with Gasteiger partial charge in [-0.2, -0.15) is 17.0 Å². The number of hydrogen-bond donors (Lipinski definition) is 1. The maximum atomic E-state index is 9.05. The molecule has 0 saturated heterocycles. The summed E-state index contributed by atoms with van der Waals surface area (Å²) in [7, 11) is 0. The summed E-state index contributed by atoms with van der Waals surface area (Å²) in [5.74, 6) is 0.749. The molecule has 0 amide bonds. The van der Waals surface area contributed by atoms with Crippen LogP contribution in [0.15, 0.2) is 12.1 Å². The first-order valence-corrected chi connectivity index (χ1v) is 7.19. The highest BCUT2D eigenvalue weighted by Gasteiger charge is 2.24. The lowest BCUT2D eigenvalue weighted by Gasteiger charge is -2.14. The van der Waals surface area contributed by atoms with Crippen molar-refractivity contribution in [1.29, 1.82) is 5.26 Å². The van der Waals surface area contributed by atoms with Gasteiger partial charge in [0.2, 0.25) is 0 Å². The van der Waals surface area contributed by atoms with Crippen LogP contribution in [-0.2, 0) is 0 Å². The third-order valence-corrected chi connectivity index (χ3v) is 4.31. The van der Waals surface area contributed by atoms with Gasteiger partial charge in [-0.25, -0.2) is 4.98 Å². The lowest BCUT2D eigenvalue weighted by atomic mass is 10.2. The zero-order valence-corrected chi connectivity index (χ0v) is 11.0. The molecule has 0 aromatic carbocycles. The number of anilines is 1. The SMILES string of the molecule is CSC1CCC(Nc2nc(C)ccc2C#N)C1. The van der Waals surface area contributed by atoms with Crippen LogP contribution in [0.4, 0.5) is 5.82 Å². The molecule has 2 unspecified atom stereocenters. The van der Waals surface area contributed by atoms with Crippen molar-refractivity contribution in [2.75, 3.05) is 11.6 Å². The minimum atomic E-state index is 0.467. The average molecular weight is 247 g/mol. The molecule has 4 heteroatoms. The van der Waals surface area contributed by atoms with Crippen LogP contribution in [0.2, 0.25) is 0 Å². The van der Waals surface area contributed by atoms with E-state index in [4.69, 9.17) is 5.26 Å². The summed E-state index contributed by atoms with van der Waals surface area (Å²) in [6.07, 6.45) is 5.76. The molecule has 0 bridgehead atoms. The van der Waals surface area contributed by atoms with Gasteiger partial charge in [0.25, 0.3) is 0 Å². The topological polar surface area (TPSA) is 48.7 Å². The second-order valence-electron chi connectivity index (χ2n) is 4.47. The van der Waals surface area contributed by atoms with Gasteiger partial charge in [0, 0.05) is 17.0 Å². The molecule has 1 N–H and O–H groups in total. The van der Waals surface area contributed by atoms with E-state index in [1.165, 1.54) is 19.3 Å². The third kappa shape index (κ3) is 2.92. The molecule has 0 radical (unpaired) electrons. The Morgan fingerprint density at radius 1 is 1.47 bits per heavy atom. The highest BCUT2D eigenvalue weighted by atomic mass is 32.2. The predicted octanol–water partition coefficient (Wildman–Crippen LogP) is 2.96. The first-order chi connectivity index (χ1) is 8.22. The van der Waals surface area contributed by atoms with E-state index >= 15 is 0 Å². The van der Waals surface area contributed by atoms with Gasteiger partial charge in [-0.05, 0) is 44.6 Å². The maximum Gasteiger partial charge on any atom is 0.144 e. The first kappa shape index (κ1) is 12.3. The van der Waals surface area contributed by atoms with Crippen LogP contribution < -0.4 is 5.32 Å². The molecule has 0 spiro atoms. The van der Waals surface area contributed by atoms with Crippen molar-refractivity contribution in [2.45, 2.75) is 37.5 Å². The Balaban J connectivity index is 2.09. The number of thioether (sulfide) groups is 1. The lowest BCUT2D eigenvalue weighted by Crippen LogP contribution is -2.18. The molecule has 1 saturated carbocycles. The Morgan fingerprint density at radius 3 is 2.94 bits per heavy atom. The number of rotatable bonds is 3. The predicted molar refractivity (Wildman–Crippen MR) is 72.3 cm³/mol. The van der Waals surface area contributed by atoms with Crippen molar-refractivity contribution in [3.8, 4) is 6.07 Å². The number of pyridine rings is 1. The molecular formula is C13H17N3S. The van der Waals surface area contributed by atoms with Crippen molar-refractivity contribution in [1.82, 2.24) is 4.98 Å². The number of nitrogens with one attached hydrogen (secondary N) is 1. The smallest absolute Gasteiger partial charge is 0.144 e. The van der Waals surface area contributed by atoms with Crippen LogP contribution in [0.5, 0.6) is 0 Å². The number of aromatic nitrogens is 1. The van der Waals surface area contributed by atoms with E-state index in [2.05, 4.69) is 22.6 Å². The Kier molecular flexibility index (Phi) is 3.90. The van der Waals surface area contributed by atoms with Gasteiger partial charge in [-0.3, -0.25) is 0 Å². The van der Waals surface area contributed by atoms with Crippen LogP contribution in [-0.4, -0.2) is 22.5 Å². The highest BCUT2D eigenvalue weighted by Crippen LogP contribution is 2.30. The fourth-order valence-corrected chi connectivity index (χ4v) is 3.03. The van der Waals surface area contributed by atoms with Crippen molar-refractivity contribution >= 4 is 17.6 Å². The van der Waals surface area contributed by atoms with Crippen molar-refractivity contribution in [3.05, 3.63) is 23.4 Å². The van der Waals surface area contributed by atoms with Crippen LogP contribution in [0, 0.1) is 18.3 Å². The Bertz CT molecular complexity index is 439. The molecule has 17 heavy (non-hydrogen) atoms. The molecule has 1 aliphatic rings. The van der Waals surface area contributed by atoms with Crippen LogP contribution in [0.3, 0.4) is 0 Å². The van der Waals surface area contributed by atoms with Gasteiger partial charge in [0.05, 0.1) is 5.56 Å². The summed E-state index contributed by atoms with van der Waals surface area (Å²) in [5, 5.41) is 13.2. The zero-order chi connectivity index (χ0) is 12.3. The van der Waals surface area contributed by atoms with E-state index in [-0.39, 0.29) is 0 Å². The number of hydrogen-bond acceptors (Lipinski definition) is 4. The fraction of sp³-hybridized carbons (Fsp3) is 0.538. The van der Waals surface area contributed by atoms with E-state index in [0.717, 1.165) is 16.8 Å². The standard InChI is InChI=1S/C13H17N3S/c1-9-3-4-10(8-14)13(15-9)16-11-5-6-12(7-11)17-2/h3-4,11-12H,5-7H2,1-2H3,(H,15,16). The van der Waals surface area contributed by atoms with Crippen molar-refractivity contribution in [2.24, 2.45) is 0 Å². The third-order valence-electron chi connectivity index (χ3n) is 3.21. The normalized spacial score (nSPS) is 23.4. The van der Waals surface area contributed by atoms with Gasteiger partial charge >= 0.3 is 0 Å². The van der Waals surface area contributed by atoms with Crippen molar-refractivity contribution in [3.63, 3.8) is 0 Å². The molecule has 1 aliphatic carbocycles. The van der Waals surface area contributed by atoms with Gasteiger partial charge in [0.15, 0.2) is 0 Å². The van der Waals surface area contributed by atoms with E-state index < -0.39 is 0 Å². The monoisotopic (exact) mass is 247 g/mol. The van der Waals surface area contributed by atoms with Crippen LogP contribution >= 0.6 is 11.8 Å². The van der Waals surface area contributed by atoms with E-state index in [9.17, 15) is 0 Å². The van der Waals surface area contributed by atoms with E-state index in [1.807, 2.05) is 30.8 Å². The summed E-state index contributed by atoms with van der Waals surface area (Å²) in [5.41, 5.74) is 1.59.